The summed E-state index contributed by atoms with van der Waals surface area (Å²) in [6.07, 6.45) is 4.61. The van der Waals surface area contributed by atoms with Crippen LogP contribution in [0.3, 0.4) is 0 Å². The first-order valence-corrected chi connectivity index (χ1v) is 5.10. The maximum Gasteiger partial charge on any atom is 0.0558 e. The summed E-state index contributed by atoms with van der Waals surface area (Å²) in [5.74, 6) is 0. The number of hydrogen-bond acceptors (Lipinski definition) is 2. The van der Waals surface area contributed by atoms with Gasteiger partial charge in [0.05, 0.1) is 6.61 Å². The number of nitrogens with zero attached hydrogens (tertiary/aromatic N) is 1. The molecule has 13 heavy (non-hydrogen) atoms. The number of rotatable bonds is 2. The predicted molar refractivity (Wildman–Crippen MR) is 55.5 cm³/mol. The molecule has 0 aromatic heterocycles. The fourth-order valence-corrected chi connectivity index (χ4v) is 2.52. The molecule has 1 N–H and O–H groups in total. The summed E-state index contributed by atoms with van der Waals surface area (Å²) in [6.45, 7) is 10.0. The minimum atomic E-state index is 0.199. The van der Waals surface area contributed by atoms with Crippen LogP contribution < -0.4 is 0 Å². The average Bonchev–Trinajstić information content (AvgIpc) is 1.96. The Hall–Kier alpha value is -0.0800. The molecule has 0 aliphatic carbocycles. The molecule has 0 bridgehead atoms. The molecule has 0 amide bonds. The molecule has 1 aliphatic heterocycles. The van der Waals surface area contributed by atoms with Crippen molar-refractivity contribution in [3.63, 3.8) is 0 Å². The Balaban J connectivity index is 2.78. The SMILES string of the molecule is CC1(C)C[CH]CC(C)(C)N1CCO. The smallest absolute Gasteiger partial charge is 0.0558 e. The lowest BCUT2D eigenvalue weighted by molar-refractivity contribution is -0.0190. The van der Waals surface area contributed by atoms with Gasteiger partial charge in [0.2, 0.25) is 0 Å². The van der Waals surface area contributed by atoms with E-state index in [1.807, 2.05) is 0 Å². The second-order valence-corrected chi connectivity index (χ2v) is 5.20. The summed E-state index contributed by atoms with van der Waals surface area (Å²) in [5.41, 5.74) is 0.398. The van der Waals surface area contributed by atoms with Crippen molar-refractivity contribution in [3.8, 4) is 0 Å². The van der Waals surface area contributed by atoms with Gasteiger partial charge in [0.1, 0.15) is 0 Å². The van der Waals surface area contributed by atoms with E-state index < -0.39 is 0 Å². The summed E-state index contributed by atoms with van der Waals surface area (Å²) >= 11 is 0. The van der Waals surface area contributed by atoms with Gasteiger partial charge in [-0.1, -0.05) is 0 Å². The maximum atomic E-state index is 9.03. The van der Waals surface area contributed by atoms with Crippen molar-refractivity contribution in [2.45, 2.75) is 51.6 Å². The van der Waals surface area contributed by atoms with Crippen LogP contribution in [0, 0.1) is 6.42 Å². The van der Waals surface area contributed by atoms with Gasteiger partial charge in [0.15, 0.2) is 0 Å². The summed E-state index contributed by atoms with van der Waals surface area (Å²) in [5, 5.41) is 9.03. The quantitative estimate of drug-likeness (QED) is 0.708. The van der Waals surface area contributed by atoms with Crippen molar-refractivity contribution in [2.75, 3.05) is 13.2 Å². The number of aliphatic hydroxyl groups excluding tert-OH is 1. The fourth-order valence-electron chi connectivity index (χ4n) is 2.52. The molecule has 0 unspecified atom stereocenters. The number of piperidine rings is 1. The fraction of sp³-hybridized carbons (Fsp3) is 0.909. The van der Waals surface area contributed by atoms with E-state index >= 15 is 0 Å². The van der Waals surface area contributed by atoms with E-state index in [0.717, 1.165) is 19.4 Å². The van der Waals surface area contributed by atoms with Crippen molar-refractivity contribution in [1.29, 1.82) is 0 Å². The molecule has 0 saturated carbocycles. The Kier molecular flexibility index (Phi) is 3.03. The van der Waals surface area contributed by atoms with Crippen LogP contribution >= 0.6 is 0 Å². The van der Waals surface area contributed by atoms with Gasteiger partial charge >= 0.3 is 0 Å². The molecule has 0 aromatic rings. The van der Waals surface area contributed by atoms with Crippen LogP contribution in [0.4, 0.5) is 0 Å². The highest BCUT2D eigenvalue weighted by Crippen LogP contribution is 2.36. The molecule has 1 saturated heterocycles. The standard InChI is InChI=1S/C11H22NO/c1-10(2)6-5-7-11(3,4)12(10)8-9-13/h5,13H,6-9H2,1-4H3. The normalized spacial score (nSPS) is 27.5. The van der Waals surface area contributed by atoms with E-state index in [9.17, 15) is 0 Å². The molecule has 77 valence electrons. The molecule has 2 heteroatoms. The van der Waals surface area contributed by atoms with Gasteiger partial charge in [-0.05, 0) is 47.0 Å². The molecule has 1 rings (SSSR count). The van der Waals surface area contributed by atoms with Crippen LogP contribution in [0.5, 0.6) is 0 Å². The highest BCUT2D eigenvalue weighted by Gasteiger charge is 2.40. The Morgan fingerprint density at radius 2 is 1.62 bits per heavy atom. The van der Waals surface area contributed by atoms with Crippen molar-refractivity contribution in [1.82, 2.24) is 4.90 Å². The molecule has 1 aliphatic rings. The van der Waals surface area contributed by atoms with Crippen molar-refractivity contribution >= 4 is 0 Å². The first-order valence-electron chi connectivity index (χ1n) is 5.10. The van der Waals surface area contributed by atoms with Crippen LogP contribution in [0.25, 0.3) is 0 Å². The molecular formula is C11H22NO. The third-order valence-electron chi connectivity index (χ3n) is 3.07. The van der Waals surface area contributed by atoms with Gasteiger partial charge in [-0.3, -0.25) is 4.90 Å². The number of aliphatic hydroxyl groups is 1. The Morgan fingerprint density at radius 3 is 2.00 bits per heavy atom. The topological polar surface area (TPSA) is 23.5 Å². The highest BCUT2D eigenvalue weighted by molar-refractivity contribution is 5.02. The number of likely N-dealkylation sites (tertiary alicyclic amines) is 1. The molecule has 1 fully saturated rings. The van der Waals surface area contributed by atoms with E-state index in [-0.39, 0.29) is 17.7 Å². The van der Waals surface area contributed by atoms with E-state index in [4.69, 9.17) is 5.11 Å². The van der Waals surface area contributed by atoms with Crippen LogP contribution in [0.15, 0.2) is 0 Å². The monoisotopic (exact) mass is 184 g/mol. The molecule has 1 radical (unpaired) electrons. The van der Waals surface area contributed by atoms with Gasteiger partial charge < -0.3 is 5.11 Å². The summed E-state index contributed by atoms with van der Waals surface area (Å²) in [6, 6.07) is 0. The average molecular weight is 184 g/mol. The van der Waals surface area contributed by atoms with Crippen LogP contribution in [0.1, 0.15) is 40.5 Å². The first kappa shape index (κ1) is 11.0. The van der Waals surface area contributed by atoms with Crippen molar-refractivity contribution < 1.29 is 5.11 Å². The van der Waals surface area contributed by atoms with Crippen LogP contribution in [-0.4, -0.2) is 34.2 Å². The van der Waals surface area contributed by atoms with Crippen molar-refractivity contribution in [2.24, 2.45) is 0 Å². The summed E-state index contributed by atoms with van der Waals surface area (Å²) < 4.78 is 0. The minimum absolute atomic E-state index is 0.199. The lowest BCUT2D eigenvalue weighted by Crippen LogP contribution is -2.59. The lowest BCUT2D eigenvalue weighted by atomic mass is 9.80. The van der Waals surface area contributed by atoms with Crippen molar-refractivity contribution in [3.05, 3.63) is 6.42 Å². The van der Waals surface area contributed by atoms with E-state index in [1.54, 1.807) is 0 Å². The predicted octanol–water partition coefficient (Wildman–Crippen LogP) is 1.84. The molecule has 2 nitrogen and oxygen atoms in total. The Labute approximate surface area is 81.9 Å². The van der Waals surface area contributed by atoms with Gasteiger partial charge in [0, 0.05) is 17.6 Å². The zero-order valence-corrected chi connectivity index (χ0v) is 9.30. The van der Waals surface area contributed by atoms with Crippen LogP contribution in [0.2, 0.25) is 0 Å². The van der Waals surface area contributed by atoms with Gasteiger partial charge in [0.25, 0.3) is 0 Å². The van der Waals surface area contributed by atoms with Gasteiger partial charge in [-0.25, -0.2) is 0 Å². The van der Waals surface area contributed by atoms with E-state index in [1.165, 1.54) is 0 Å². The second kappa shape index (κ2) is 3.58. The third kappa shape index (κ3) is 2.23. The van der Waals surface area contributed by atoms with Gasteiger partial charge in [-0.2, -0.15) is 0 Å². The Bertz CT molecular complexity index is 159. The number of β-amino-alcohol motifs (C(OH)–C–C–N with tert-alkyl or cyclic N) is 1. The van der Waals surface area contributed by atoms with E-state index in [0.29, 0.717) is 0 Å². The molecular weight excluding hydrogens is 162 g/mol. The van der Waals surface area contributed by atoms with E-state index in [2.05, 4.69) is 39.0 Å². The second-order valence-electron chi connectivity index (χ2n) is 5.20. The largest absolute Gasteiger partial charge is 0.395 e. The molecule has 0 aromatic carbocycles. The summed E-state index contributed by atoms with van der Waals surface area (Å²) in [4.78, 5) is 2.42. The highest BCUT2D eigenvalue weighted by atomic mass is 16.3. The maximum absolute atomic E-state index is 9.03. The molecule has 0 atom stereocenters. The van der Waals surface area contributed by atoms with Gasteiger partial charge in [-0.15, -0.1) is 0 Å². The molecule has 1 heterocycles. The number of hydrogen-bond donors (Lipinski definition) is 1. The molecule has 0 spiro atoms. The zero-order chi connectivity index (χ0) is 10.1. The van der Waals surface area contributed by atoms with Crippen LogP contribution in [-0.2, 0) is 0 Å². The Morgan fingerprint density at radius 1 is 1.15 bits per heavy atom. The summed E-state index contributed by atoms with van der Waals surface area (Å²) in [7, 11) is 0. The lowest BCUT2D eigenvalue weighted by Gasteiger charge is -2.52. The minimum Gasteiger partial charge on any atom is -0.395 e. The third-order valence-corrected chi connectivity index (χ3v) is 3.07. The zero-order valence-electron chi connectivity index (χ0n) is 9.30. The first-order chi connectivity index (χ1) is 5.90.